The minimum atomic E-state index is -0.140. The van der Waals surface area contributed by atoms with Gasteiger partial charge in [0.2, 0.25) is 5.91 Å². The summed E-state index contributed by atoms with van der Waals surface area (Å²) in [6.45, 7) is 3.35. The summed E-state index contributed by atoms with van der Waals surface area (Å²) in [5.74, 6) is 1.67. The van der Waals surface area contributed by atoms with E-state index in [1.165, 1.54) is 10.5 Å². The number of hydrogen-bond acceptors (Lipinski definition) is 4. The second-order valence-corrected chi connectivity index (χ2v) is 7.74. The Hall–Kier alpha value is -2.49. The molecule has 132 valence electrons. The van der Waals surface area contributed by atoms with Crippen molar-refractivity contribution in [3.63, 3.8) is 0 Å². The van der Waals surface area contributed by atoms with Crippen LogP contribution < -0.4 is 4.90 Å². The number of benzene rings is 1. The number of nitriles is 1. The third-order valence-corrected chi connectivity index (χ3v) is 6.17. The molecular formula is C20H20N3O2S+. The smallest absolute Gasteiger partial charge is 0.232 e. The predicted octanol–water partition coefficient (Wildman–Crippen LogP) is 2.39. The Kier molecular flexibility index (Phi) is 4.58. The highest BCUT2D eigenvalue weighted by molar-refractivity contribution is 8.02. The maximum Gasteiger partial charge on any atom is 0.232 e. The van der Waals surface area contributed by atoms with Crippen LogP contribution in [0.3, 0.4) is 0 Å². The van der Waals surface area contributed by atoms with Gasteiger partial charge in [-0.1, -0.05) is 29.8 Å². The van der Waals surface area contributed by atoms with Gasteiger partial charge in [0, 0.05) is 12.3 Å². The van der Waals surface area contributed by atoms with Crippen molar-refractivity contribution in [1.82, 2.24) is 4.90 Å². The van der Waals surface area contributed by atoms with Crippen molar-refractivity contribution in [3.05, 3.63) is 70.2 Å². The maximum atomic E-state index is 12.8. The van der Waals surface area contributed by atoms with Gasteiger partial charge >= 0.3 is 0 Å². The zero-order chi connectivity index (χ0) is 18.1. The van der Waals surface area contributed by atoms with Crippen molar-refractivity contribution in [1.29, 1.82) is 5.26 Å². The van der Waals surface area contributed by atoms with Crippen LogP contribution >= 0.6 is 11.8 Å². The highest BCUT2D eigenvalue weighted by Gasteiger charge is 2.39. The summed E-state index contributed by atoms with van der Waals surface area (Å²) in [7, 11) is 0. The van der Waals surface area contributed by atoms with Crippen LogP contribution in [0.15, 0.2) is 57.7 Å². The average Bonchev–Trinajstić information content (AvgIpc) is 3.15. The van der Waals surface area contributed by atoms with Crippen LogP contribution in [0.2, 0.25) is 0 Å². The Balaban J connectivity index is 1.60. The molecule has 2 atom stereocenters. The molecule has 0 bridgehead atoms. The number of allylic oxidation sites excluding steroid dienone is 1. The van der Waals surface area contributed by atoms with Crippen molar-refractivity contribution in [2.45, 2.75) is 25.8 Å². The van der Waals surface area contributed by atoms with Crippen molar-refractivity contribution in [2.75, 3.05) is 12.5 Å². The van der Waals surface area contributed by atoms with Crippen LogP contribution in [0.4, 0.5) is 0 Å². The van der Waals surface area contributed by atoms with Gasteiger partial charge in [0.05, 0.1) is 17.9 Å². The number of thioether (sulfide) groups is 1. The number of fused-ring (bicyclic) bond motifs is 1. The number of aryl methyl sites for hydroxylation is 1. The summed E-state index contributed by atoms with van der Waals surface area (Å²) in [5.41, 5.74) is 2.93. The fourth-order valence-electron chi connectivity index (χ4n) is 3.53. The zero-order valence-corrected chi connectivity index (χ0v) is 15.4. The van der Waals surface area contributed by atoms with Gasteiger partial charge in [-0.15, -0.1) is 0 Å². The molecule has 3 heterocycles. The van der Waals surface area contributed by atoms with E-state index in [1.807, 2.05) is 43.3 Å². The van der Waals surface area contributed by atoms with Gasteiger partial charge in [0.15, 0.2) is 12.4 Å². The molecule has 0 saturated carbocycles. The minimum absolute atomic E-state index is 0.0914. The molecule has 1 saturated heterocycles. The molecule has 1 aromatic heterocycles. The monoisotopic (exact) mass is 366 g/mol. The second-order valence-electron chi connectivity index (χ2n) is 6.77. The summed E-state index contributed by atoms with van der Waals surface area (Å²) in [5, 5.41) is 10.6. The summed E-state index contributed by atoms with van der Waals surface area (Å²) >= 11 is 1.60. The maximum absolute atomic E-state index is 12.8. The fraction of sp³-hybridized carbons (Fsp3) is 0.300. The first-order chi connectivity index (χ1) is 12.7. The fourth-order valence-corrected chi connectivity index (χ4v) is 4.73. The number of furan rings is 1. The van der Waals surface area contributed by atoms with E-state index in [0.29, 0.717) is 13.1 Å². The lowest BCUT2D eigenvalue weighted by Gasteiger charge is -2.38. The molecule has 6 heteroatoms. The number of amides is 1. The summed E-state index contributed by atoms with van der Waals surface area (Å²) in [4.78, 5) is 15.9. The predicted molar refractivity (Wildman–Crippen MR) is 98.7 cm³/mol. The number of hydrogen-bond donors (Lipinski definition) is 1. The molecule has 1 fully saturated rings. The molecule has 2 aliphatic rings. The van der Waals surface area contributed by atoms with E-state index in [4.69, 9.17) is 4.42 Å². The Morgan fingerprint density at radius 3 is 2.85 bits per heavy atom. The lowest BCUT2D eigenvalue weighted by molar-refractivity contribution is -0.911. The minimum Gasteiger partial charge on any atom is -0.463 e. The van der Waals surface area contributed by atoms with Gasteiger partial charge in [-0.25, -0.2) is 0 Å². The molecule has 1 amide bonds. The molecule has 1 unspecified atom stereocenters. The third-order valence-electron chi connectivity index (χ3n) is 4.90. The van der Waals surface area contributed by atoms with Gasteiger partial charge in [0.1, 0.15) is 17.5 Å². The van der Waals surface area contributed by atoms with Gasteiger partial charge < -0.3 is 9.32 Å². The molecule has 2 aromatic rings. The van der Waals surface area contributed by atoms with E-state index in [2.05, 4.69) is 6.07 Å². The van der Waals surface area contributed by atoms with Crippen LogP contribution in [-0.2, 0) is 11.3 Å². The van der Waals surface area contributed by atoms with Crippen LogP contribution in [0, 0.1) is 18.3 Å². The van der Waals surface area contributed by atoms with E-state index in [9.17, 15) is 10.1 Å². The lowest BCUT2D eigenvalue weighted by atomic mass is 9.86. The van der Waals surface area contributed by atoms with Crippen molar-refractivity contribution >= 4 is 17.7 Å². The van der Waals surface area contributed by atoms with Crippen LogP contribution in [0.25, 0.3) is 0 Å². The molecule has 1 N–H and O–H groups in total. The summed E-state index contributed by atoms with van der Waals surface area (Å²) in [6.07, 6.45) is 2.02. The quantitative estimate of drug-likeness (QED) is 0.906. The van der Waals surface area contributed by atoms with Gasteiger partial charge in [0.25, 0.3) is 0 Å². The van der Waals surface area contributed by atoms with E-state index in [0.717, 1.165) is 34.3 Å². The van der Waals surface area contributed by atoms with Gasteiger partial charge in [-0.2, -0.15) is 5.26 Å². The van der Waals surface area contributed by atoms with Crippen molar-refractivity contribution in [2.24, 2.45) is 0 Å². The highest BCUT2D eigenvalue weighted by Crippen LogP contribution is 2.40. The second kappa shape index (κ2) is 7.02. The van der Waals surface area contributed by atoms with Crippen molar-refractivity contribution < 1.29 is 14.1 Å². The SMILES string of the molecule is Cc1ccc([C@H]2CC(=O)N3C[NH+](Cc4ccco4)CSC3=C2C#N)cc1. The number of nitrogens with zero attached hydrogens (tertiary/aromatic N) is 2. The molecule has 5 nitrogen and oxygen atoms in total. The number of nitrogens with one attached hydrogen (secondary N) is 1. The first-order valence-electron chi connectivity index (χ1n) is 8.65. The van der Waals surface area contributed by atoms with Crippen molar-refractivity contribution in [3.8, 4) is 6.07 Å². The number of carbonyl (C=O) groups excluding carboxylic acids is 1. The lowest BCUT2D eigenvalue weighted by Crippen LogP contribution is -3.12. The summed E-state index contributed by atoms with van der Waals surface area (Å²) < 4.78 is 5.43. The Morgan fingerprint density at radius 1 is 1.35 bits per heavy atom. The molecule has 26 heavy (non-hydrogen) atoms. The Morgan fingerprint density at radius 2 is 2.15 bits per heavy atom. The standard InChI is InChI=1S/C20H19N3O2S/c1-14-4-6-15(7-5-14)17-9-19(24)23-12-22(11-16-3-2-8-25-16)13-26-20(23)18(17)10-21/h2-8,17H,9,11-13H2,1H3/p+1/t17-/m1/s1. The first-order valence-corrected chi connectivity index (χ1v) is 9.64. The van der Waals surface area contributed by atoms with Gasteiger partial charge in [-0.3, -0.25) is 9.69 Å². The normalized spacial score (nSPS) is 22.9. The Labute approximate surface area is 156 Å². The number of carbonyl (C=O) groups is 1. The van der Waals surface area contributed by atoms with Gasteiger partial charge in [-0.05, 0) is 36.4 Å². The topological polar surface area (TPSA) is 61.7 Å². The molecular weight excluding hydrogens is 346 g/mol. The number of rotatable bonds is 3. The largest absolute Gasteiger partial charge is 0.463 e. The van der Waals surface area contributed by atoms with E-state index in [-0.39, 0.29) is 11.8 Å². The molecule has 1 aromatic carbocycles. The molecule has 2 aliphatic heterocycles. The zero-order valence-electron chi connectivity index (χ0n) is 14.6. The van der Waals surface area contributed by atoms with Crippen LogP contribution in [0.5, 0.6) is 0 Å². The highest BCUT2D eigenvalue weighted by atomic mass is 32.2. The first kappa shape index (κ1) is 17.0. The molecule has 0 radical (unpaired) electrons. The molecule has 0 aliphatic carbocycles. The Bertz CT molecular complexity index is 881. The van der Waals surface area contributed by atoms with E-state index >= 15 is 0 Å². The summed E-state index contributed by atoms with van der Waals surface area (Å²) in [6, 6.07) is 14.4. The molecule has 4 rings (SSSR count). The van der Waals surface area contributed by atoms with Crippen LogP contribution in [0.1, 0.15) is 29.2 Å². The van der Waals surface area contributed by atoms with Crippen LogP contribution in [-0.4, -0.2) is 23.4 Å². The average molecular weight is 366 g/mol. The number of quaternary nitrogens is 1. The van der Waals surface area contributed by atoms with E-state index < -0.39 is 0 Å². The van der Waals surface area contributed by atoms with E-state index in [1.54, 1.807) is 22.9 Å². The molecule has 0 spiro atoms. The third kappa shape index (κ3) is 3.16.